The van der Waals surface area contributed by atoms with Crippen LogP contribution in [0.4, 0.5) is 0 Å². The Morgan fingerprint density at radius 1 is 0.929 bits per heavy atom. The van der Waals surface area contributed by atoms with E-state index in [2.05, 4.69) is 54.2 Å². The van der Waals surface area contributed by atoms with Gasteiger partial charge in [-0.1, -0.05) is 70.5 Å². The van der Waals surface area contributed by atoms with E-state index in [0.717, 1.165) is 62.5 Å². The van der Waals surface area contributed by atoms with E-state index < -0.39 is 5.41 Å². The number of halogens is 1. The third-order valence-electron chi connectivity index (χ3n) is 14.5. The number of Topliss-reactive ketones (excluding diaryl/α,β-unsaturated/α-hetero) is 1. The number of fused-ring (bicyclic) bond motifs is 7. The fraction of sp³-hybridized carbons (Fsp3) is 0.684. The average molecular weight is 591 g/mol. The van der Waals surface area contributed by atoms with Crippen molar-refractivity contribution in [1.82, 2.24) is 0 Å². The van der Waals surface area contributed by atoms with Gasteiger partial charge < -0.3 is 4.74 Å². The Bertz CT molecular complexity index is 1340. The van der Waals surface area contributed by atoms with Gasteiger partial charge in [0.1, 0.15) is 0 Å². The maximum Gasteiger partial charge on any atom is 0.312 e. The molecule has 1 aromatic carbocycles. The highest BCUT2D eigenvalue weighted by molar-refractivity contribution is 6.30. The molecule has 5 aliphatic carbocycles. The molecule has 0 saturated heterocycles. The summed E-state index contributed by atoms with van der Waals surface area (Å²) in [4.78, 5) is 27.6. The molecule has 0 unspecified atom stereocenters. The molecule has 6 rings (SSSR count). The van der Waals surface area contributed by atoms with Crippen LogP contribution in [0.2, 0.25) is 5.02 Å². The van der Waals surface area contributed by atoms with Crippen molar-refractivity contribution in [3.63, 3.8) is 0 Å². The Morgan fingerprint density at radius 3 is 2.26 bits per heavy atom. The third-order valence-corrected chi connectivity index (χ3v) is 14.7. The fourth-order valence-corrected chi connectivity index (χ4v) is 12.6. The second-order valence-corrected chi connectivity index (χ2v) is 16.7. The molecule has 0 aliphatic heterocycles. The van der Waals surface area contributed by atoms with Gasteiger partial charge in [0, 0.05) is 10.4 Å². The van der Waals surface area contributed by atoms with Gasteiger partial charge in [-0.3, -0.25) is 9.59 Å². The molecule has 0 bridgehead atoms. The van der Waals surface area contributed by atoms with E-state index in [1.807, 2.05) is 24.3 Å². The zero-order valence-electron chi connectivity index (χ0n) is 26.9. The first kappa shape index (κ1) is 30.2. The van der Waals surface area contributed by atoms with Gasteiger partial charge >= 0.3 is 5.97 Å². The fourth-order valence-electron chi connectivity index (χ4n) is 12.4. The van der Waals surface area contributed by atoms with Crippen molar-refractivity contribution in [2.45, 2.75) is 99.3 Å². The van der Waals surface area contributed by atoms with E-state index in [1.54, 1.807) is 7.11 Å². The molecule has 3 nitrogen and oxygen atoms in total. The lowest BCUT2D eigenvalue weighted by molar-refractivity contribution is -0.232. The number of hydrogen-bond donors (Lipinski definition) is 0. The first-order valence-electron chi connectivity index (χ1n) is 16.4. The lowest BCUT2D eigenvalue weighted by atomic mass is 9.32. The Balaban J connectivity index is 1.41. The summed E-state index contributed by atoms with van der Waals surface area (Å²) in [6.07, 6.45) is 11.5. The molecular weight excluding hydrogens is 540 g/mol. The molecule has 4 heteroatoms. The predicted octanol–water partition coefficient (Wildman–Crippen LogP) is 9.73. The molecule has 1 aromatic rings. The van der Waals surface area contributed by atoms with Gasteiger partial charge in [-0.25, -0.2) is 0 Å². The number of benzene rings is 1. The molecule has 0 amide bonds. The summed E-state index contributed by atoms with van der Waals surface area (Å²) in [5, 5.41) is 0.715. The van der Waals surface area contributed by atoms with Crippen LogP contribution < -0.4 is 0 Å². The van der Waals surface area contributed by atoms with Gasteiger partial charge in [0.25, 0.3) is 0 Å². The minimum atomic E-state index is -0.395. The molecule has 42 heavy (non-hydrogen) atoms. The van der Waals surface area contributed by atoms with Gasteiger partial charge in [0.05, 0.1) is 12.5 Å². The minimum Gasteiger partial charge on any atom is -0.469 e. The monoisotopic (exact) mass is 590 g/mol. The number of esters is 1. The van der Waals surface area contributed by atoms with E-state index in [4.69, 9.17) is 16.3 Å². The third kappa shape index (κ3) is 3.90. The van der Waals surface area contributed by atoms with Gasteiger partial charge in [0.2, 0.25) is 0 Å². The Hall–Kier alpha value is -1.87. The number of rotatable bonds is 3. The van der Waals surface area contributed by atoms with Crippen LogP contribution in [0.1, 0.15) is 105 Å². The number of carbonyl (C=O) groups excluding carboxylic acids is 2. The van der Waals surface area contributed by atoms with Gasteiger partial charge in [-0.05, 0) is 140 Å². The summed E-state index contributed by atoms with van der Waals surface area (Å²) in [7, 11) is 1.58. The highest BCUT2D eigenvalue weighted by atomic mass is 35.5. The van der Waals surface area contributed by atoms with E-state index >= 15 is 0 Å². The van der Waals surface area contributed by atoms with E-state index in [-0.39, 0.29) is 27.6 Å². The number of ketones is 1. The number of methoxy groups -OCH3 is 1. The smallest absolute Gasteiger partial charge is 0.312 e. The lowest BCUT2D eigenvalue weighted by Crippen LogP contribution is -2.67. The summed E-state index contributed by atoms with van der Waals surface area (Å²) < 4.78 is 5.54. The lowest BCUT2D eigenvalue weighted by Gasteiger charge is -2.72. The zero-order valence-corrected chi connectivity index (χ0v) is 27.7. The van der Waals surface area contributed by atoms with E-state index in [1.165, 1.54) is 12.0 Å². The Kier molecular flexibility index (Phi) is 7.05. The Labute approximate surface area is 258 Å². The summed E-state index contributed by atoms with van der Waals surface area (Å²) in [6, 6.07) is 7.87. The van der Waals surface area contributed by atoms with Crippen LogP contribution in [0, 0.1) is 56.7 Å². The Morgan fingerprint density at radius 2 is 1.62 bits per heavy atom. The summed E-state index contributed by atoms with van der Waals surface area (Å²) in [5.41, 5.74) is 2.83. The highest BCUT2D eigenvalue weighted by Gasteiger charge is 2.72. The molecule has 5 fully saturated rings. The molecule has 228 valence electrons. The van der Waals surface area contributed by atoms with Crippen molar-refractivity contribution in [1.29, 1.82) is 0 Å². The topological polar surface area (TPSA) is 43.4 Å². The van der Waals surface area contributed by atoms with Gasteiger partial charge in [-0.2, -0.15) is 0 Å². The van der Waals surface area contributed by atoms with E-state index in [0.29, 0.717) is 40.4 Å². The van der Waals surface area contributed by atoms with Crippen molar-refractivity contribution >= 4 is 29.4 Å². The van der Waals surface area contributed by atoms with Crippen molar-refractivity contribution in [3.8, 4) is 0 Å². The second kappa shape index (κ2) is 9.82. The minimum absolute atomic E-state index is 0.0192. The van der Waals surface area contributed by atoms with Crippen LogP contribution >= 0.6 is 11.6 Å². The van der Waals surface area contributed by atoms with Crippen LogP contribution in [0.5, 0.6) is 0 Å². The van der Waals surface area contributed by atoms with Crippen LogP contribution in [0.15, 0.2) is 42.0 Å². The van der Waals surface area contributed by atoms with Crippen molar-refractivity contribution in [3.05, 3.63) is 52.6 Å². The van der Waals surface area contributed by atoms with Crippen molar-refractivity contribution in [2.24, 2.45) is 56.7 Å². The molecule has 5 aliphatic rings. The largest absolute Gasteiger partial charge is 0.469 e. The molecule has 0 radical (unpaired) electrons. The summed E-state index contributed by atoms with van der Waals surface area (Å²) in [5.74, 6) is 2.42. The second-order valence-electron chi connectivity index (χ2n) is 16.3. The van der Waals surface area contributed by atoms with Gasteiger partial charge in [-0.15, -0.1) is 0 Å². The zero-order chi connectivity index (χ0) is 30.5. The molecular formula is C38H51ClO3. The first-order chi connectivity index (χ1) is 19.7. The maximum absolute atomic E-state index is 14.1. The molecule has 0 N–H and O–H groups in total. The van der Waals surface area contributed by atoms with Crippen LogP contribution in [0.25, 0.3) is 6.08 Å². The van der Waals surface area contributed by atoms with Crippen molar-refractivity contribution < 1.29 is 14.3 Å². The van der Waals surface area contributed by atoms with Crippen molar-refractivity contribution in [2.75, 3.05) is 7.11 Å². The summed E-state index contributed by atoms with van der Waals surface area (Å²) >= 11 is 6.18. The van der Waals surface area contributed by atoms with Crippen LogP contribution in [-0.4, -0.2) is 18.9 Å². The molecule has 0 aromatic heterocycles. The van der Waals surface area contributed by atoms with Crippen LogP contribution in [0.3, 0.4) is 0 Å². The van der Waals surface area contributed by atoms with E-state index in [9.17, 15) is 9.59 Å². The number of carbonyl (C=O) groups is 2. The average Bonchev–Trinajstić information content (AvgIpc) is 3.34. The normalized spacial score (nSPS) is 44.9. The summed E-state index contributed by atoms with van der Waals surface area (Å²) in [6.45, 7) is 18.8. The number of ether oxygens (including phenoxy) is 1. The molecule has 9 atom stereocenters. The molecule has 5 saturated carbocycles. The first-order valence-corrected chi connectivity index (χ1v) is 16.8. The number of allylic oxidation sites excluding steroid dienone is 2. The quantitative estimate of drug-likeness (QED) is 0.200. The standard InChI is InChI=1S/C38H51ClO3/c1-23(2)27-15-18-38(33(41)42-8)20-19-36(6)28(31(27)38)13-14-30-35(5)22-25(21-24-9-11-26(39)12-10-24)32(40)34(3,4)29(35)16-17-37(30,36)7/h9-12,21,27-31H,1,13-20,22H2,2-8H3/b25-21+/t27-,28+,29+,30+,31+,35+,36-,37+,38-/m1/s1. The SMILES string of the molecule is C=C(C)[C@H]1CC[C@@]2(C(=O)OC)CC[C@]3(C)[C@@H](CC[C@H]4[C@@]5(C)C/C(=C\c6ccc(Cl)cc6)C(=O)C(C)(C)[C@@H]5CC[C@@]43C)[C@H]12. The highest BCUT2D eigenvalue weighted by Crippen LogP contribution is 2.77. The number of hydrogen-bond acceptors (Lipinski definition) is 3. The van der Waals surface area contributed by atoms with Gasteiger partial charge in [0.15, 0.2) is 5.78 Å². The molecule has 0 spiro atoms. The predicted molar refractivity (Wildman–Crippen MR) is 171 cm³/mol. The molecule has 0 heterocycles. The maximum atomic E-state index is 14.1. The van der Waals surface area contributed by atoms with Crippen LogP contribution in [-0.2, 0) is 14.3 Å².